The van der Waals surface area contributed by atoms with Crippen LogP contribution in [-0.4, -0.2) is 50.7 Å². The standard InChI is InChI=1S/C18H20N2O5S2/c1-12-3-4-14(19-18(22)16-6-5-15(26-16)13(2)21)11-17(12)27(23,24)20-7-9-25-10-8-20/h3-6,11H,7-10H2,1-2H3,(H,19,22). The number of hydrogen-bond donors (Lipinski definition) is 1. The van der Waals surface area contributed by atoms with E-state index in [0.29, 0.717) is 47.3 Å². The number of thiophene rings is 1. The van der Waals surface area contributed by atoms with E-state index in [9.17, 15) is 18.0 Å². The number of anilines is 1. The molecule has 27 heavy (non-hydrogen) atoms. The van der Waals surface area contributed by atoms with Crippen LogP contribution in [0.25, 0.3) is 0 Å². The first kappa shape index (κ1) is 19.7. The highest BCUT2D eigenvalue weighted by molar-refractivity contribution is 7.89. The van der Waals surface area contributed by atoms with Crippen LogP contribution in [0.2, 0.25) is 0 Å². The van der Waals surface area contributed by atoms with Crippen molar-refractivity contribution in [3.8, 4) is 0 Å². The van der Waals surface area contributed by atoms with Crippen LogP contribution >= 0.6 is 11.3 Å². The fraction of sp³-hybridized carbons (Fsp3) is 0.333. The predicted molar refractivity (Wildman–Crippen MR) is 103 cm³/mol. The molecule has 2 heterocycles. The number of benzene rings is 1. The molecule has 1 saturated heterocycles. The quantitative estimate of drug-likeness (QED) is 0.768. The Morgan fingerprint density at radius 1 is 1.11 bits per heavy atom. The second-order valence-corrected chi connectivity index (χ2v) is 9.16. The van der Waals surface area contributed by atoms with Crippen molar-refractivity contribution in [2.24, 2.45) is 0 Å². The maximum Gasteiger partial charge on any atom is 0.265 e. The minimum absolute atomic E-state index is 0.103. The summed E-state index contributed by atoms with van der Waals surface area (Å²) in [5.41, 5.74) is 0.990. The van der Waals surface area contributed by atoms with E-state index in [1.807, 2.05) is 0 Å². The lowest BCUT2D eigenvalue weighted by Gasteiger charge is -2.26. The Bertz CT molecular complexity index is 975. The maximum absolute atomic E-state index is 12.9. The van der Waals surface area contributed by atoms with E-state index in [1.54, 1.807) is 31.2 Å². The fourth-order valence-corrected chi connectivity index (χ4v) is 5.18. The van der Waals surface area contributed by atoms with Crippen molar-refractivity contribution in [1.29, 1.82) is 0 Å². The molecule has 1 fully saturated rings. The highest BCUT2D eigenvalue weighted by Crippen LogP contribution is 2.25. The molecule has 0 atom stereocenters. The molecule has 2 aromatic rings. The van der Waals surface area contributed by atoms with E-state index in [2.05, 4.69) is 5.32 Å². The number of nitrogens with one attached hydrogen (secondary N) is 1. The summed E-state index contributed by atoms with van der Waals surface area (Å²) in [5.74, 6) is -0.487. The molecule has 1 aliphatic heterocycles. The monoisotopic (exact) mass is 408 g/mol. The molecular formula is C18H20N2O5S2. The third-order valence-electron chi connectivity index (χ3n) is 4.21. The molecule has 1 aromatic carbocycles. The summed E-state index contributed by atoms with van der Waals surface area (Å²) < 4.78 is 32.4. The smallest absolute Gasteiger partial charge is 0.265 e. The number of carbonyl (C=O) groups is 2. The van der Waals surface area contributed by atoms with E-state index in [1.165, 1.54) is 17.3 Å². The number of hydrogen-bond acceptors (Lipinski definition) is 6. The molecule has 144 valence electrons. The summed E-state index contributed by atoms with van der Waals surface area (Å²) in [4.78, 5) is 24.8. The van der Waals surface area contributed by atoms with Crippen LogP contribution in [0.1, 0.15) is 31.8 Å². The van der Waals surface area contributed by atoms with Crippen LogP contribution in [0, 0.1) is 6.92 Å². The van der Waals surface area contributed by atoms with E-state index in [4.69, 9.17) is 4.74 Å². The highest BCUT2D eigenvalue weighted by Gasteiger charge is 2.28. The number of Topliss-reactive ketones (excluding diaryl/α,β-unsaturated/α-hetero) is 1. The average molecular weight is 409 g/mol. The summed E-state index contributed by atoms with van der Waals surface area (Å²) in [6.07, 6.45) is 0. The Hall–Kier alpha value is -2.07. The van der Waals surface area contributed by atoms with Gasteiger partial charge in [-0.25, -0.2) is 8.42 Å². The van der Waals surface area contributed by atoms with E-state index in [-0.39, 0.29) is 16.6 Å². The lowest BCUT2D eigenvalue weighted by molar-refractivity contribution is 0.0730. The molecule has 0 unspecified atom stereocenters. The summed E-state index contributed by atoms with van der Waals surface area (Å²) in [6, 6.07) is 7.97. The topological polar surface area (TPSA) is 92.8 Å². The number of rotatable bonds is 5. The van der Waals surface area contributed by atoms with Gasteiger partial charge in [-0.3, -0.25) is 9.59 Å². The second-order valence-electron chi connectivity index (χ2n) is 6.17. The van der Waals surface area contributed by atoms with Crippen LogP contribution in [0.4, 0.5) is 5.69 Å². The molecule has 3 rings (SSSR count). The minimum Gasteiger partial charge on any atom is -0.379 e. The number of morpholine rings is 1. The fourth-order valence-electron chi connectivity index (χ4n) is 2.72. The van der Waals surface area contributed by atoms with Gasteiger partial charge in [0.1, 0.15) is 0 Å². The molecule has 0 radical (unpaired) electrons. The molecule has 7 nitrogen and oxygen atoms in total. The van der Waals surface area contributed by atoms with Crippen LogP contribution < -0.4 is 5.32 Å². The second kappa shape index (κ2) is 7.89. The van der Waals surface area contributed by atoms with Crippen LogP contribution in [0.3, 0.4) is 0 Å². The number of amides is 1. The SMILES string of the molecule is CC(=O)c1ccc(C(=O)Nc2ccc(C)c(S(=O)(=O)N3CCOCC3)c2)s1. The van der Waals surface area contributed by atoms with Crippen LogP contribution in [0.15, 0.2) is 35.2 Å². The van der Waals surface area contributed by atoms with Gasteiger partial charge in [0.15, 0.2) is 5.78 Å². The maximum atomic E-state index is 12.9. The summed E-state index contributed by atoms with van der Waals surface area (Å²) in [5, 5.41) is 2.71. The number of ether oxygens (including phenoxy) is 1. The van der Waals surface area contributed by atoms with Gasteiger partial charge in [-0.15, -0.1) is 11.3 Å². The van der Waals surface area contributed by atoms with Gasteiger partial charge in [0.25, 0.3) is 5.91 Å². The number of carbonyl (C=O) groups excluding carboxylic acids is 2. The molecule has 9 heteroatoms. The molecule has 0 aliphatic carbocycles. The number of sulfonamides is 1. The zero-order valence-electron chi connectivity index (χ0n) is 15.0. The van der Waals surface area contributed by atoms with Gasteiger partial charge in [-0.05, 0) is 43.7 Å². The van der Waals surface area contributed by atoms with Gasteiger partial charge in [0.2, 0.25) is 10.0 Å². The Morgan fingerprint density at radius 3 is 2.41 bits per heavy atom. The van der Waals surface area contributed by atoms with E-state index in [0.717, 1.165) is 11.3 Å². The van der Waals surface area contributed by atoms with Crippen molar-refractivity contribution in [2.45, 2.75) is 18.7 Å². The van der Waals surface area contributed by atoms with Gasteiger partial charge < -0.3 is 10.1 Å². The van der Waals surface area contributed by atoms with E-state index >= 15 is 0 Å². The van der Waals surface area contributed by atoms with Crippen molar-refractivity contribution in [1.82, 2.24) is 4.31 Å². The van der Waals surface area contributed by atoms with Crippen molar-refractivity contribution in [2.75, 3.05) is 31.6 Å². The molecule has 0 bridgehead atoms. The number of ketones is 1. The third-order valence-corrected chi connectivity index (χ3v) is 7.44. The minimum atomic E-state index is -3.66. The third kappa shape index (κ3) is 4.27. The molecular weight excluding hydrogens is 388 g/mol. The molecule has 0 saturated carbocycles. The molecule has 1 aliphatic rings. The summed E-state index contributed by atoms with van der Waals surface area (Å²) in [6.45, 7) is 4.51. The molecule has 0 spiro atoms. The predicted octanol–water partition coefficient (Wildman–Crippen LogP) is 2.53. The Kier molecular flexibility index (Phi) is 5.75. The van der Waals surface area contributed by atoms with Crippen molar-refractivity contribution < 1.29 is 22.7 Å². The zero-order chi connectivity index (χ0) is 19.6. The van der Waals surface area contributed by atoms with Crippen molar-refractivity contribution in [3.63, 3.8) is 0 Å². The van der Waals surface area contributed by atoms with Crippen LogP contribution in [0.5, 0.6) is 0 Å². The highest BCUT2D eigenvalue weighted by atomic mass is 32.2. The van der Waals surface area contributed by atoms with Gasteiger partial charge in [0, 0.05) is 18.8 Å². The Balaban J connectivity index is 1.84. The first-order chi connectivity index (χ1) is 12.8. The van der Waals surface area contributed by atoms with E-state index < -0.39 is 10.0 Å². The number of nitrogens with zero attached hydrogens (tertiary/aromatic N) is 1. The molecule has 1 aromatic heterocycles. The van der Waals surface area contributed by atoms with Gasteiger partial charge in [-0.1, -0.05) is 6.07 Å². The average Bonchev–Trinajstić information content (AvgIpc) is 3.14. The van der Waals surface area contributed by atoms with Crippen LogP contribution in [-0.2, 0) is 14.8 Å². The lowest BCUT2D eigenvalue weighted by atomic mass is 10.2. The summed E-state index contributed by atoms with van der Waals surface area (Å²) in [7, 11) is -3.66. The lowest BCUT2D eigenvalue weighted by Crippen LogP contribution is -2.40. The van der Waals surface area contributed by atoms with Gasteiger partial charge in [-0.2, -0.15) is 4.31 Å². The van der Waals surface area contributed by atoms with Crippen molar-refractivity contribution >= 4 is 38.7 Å². The number of aryl methyl sites for hydroxylation is 1. The first-order valence-electron chi connectivity index (χ1n) is 8.40. The largest absolute Gasteiger partial charge is 0.379 e. The Morgan fingerprint density at radius 2 is 1.78 bits per heavy atom. The normalized spacial score (nSPS) is 15.5. The Labute approximate surface area is 162 Å². The zero-order valence-corrected chi connectivity index (χ0v) is 16.7. The summed E-state index contributed by atoms with van der Waals surface area (Å²) >= 11 is 1.10. The van der Waals surface area contributed by atoms with Gasteiger partial charge in [0.05, 0.1) is 27.9 Å². The molecule has 1 amide bonds. The van der Waals surface area contributed by atoms with Gasteiger partial charge >= 0.3 is 0 Å². The first-order valence-corrected chi connectivity index (χ1v) is 10.7. The molecule has 1 N–H and O–H groups in total. The van der Waals surface area contributed by atoms with Crippen molar-refractivity contribution in [3.05, 3.63) is 45.6 Å².